The third-order valence-electron chi connectivity index (χ3n) is 2.27. The van der Waals surface area contributed by atoms with Crippen LogP contribution in [0.3, 0.4) is 0 Å². The first kappa shape index (κ1) is 11.0. The average molecular weight is 234 g/mol. The molecule has 2 aromatic rings. The number of nitrogens with one attached hydrogen (secondary N) is 1. The van der Waals surface area contributed by atoms with Crippen LogP contribution < -0.4 is 10.1 Å². The highest BCUT2D eigenvalue weighted by atomic mass is 32.1. The first-order valence-electron chi connectivity index (χ1n) is 5.06. The van der Waals surface area contributed by atoms with Crippen molar-refractivity contribution in [2.75, 3.05) is 12.4 Å². The monoisotopic (exact) mass is 234 g/mol. The number of aryl methyl sites for hydroxylation is 1. The van der Waals surface area contributed by atoms with Gasteiger partial charge in [0.2, 0.25) is 0 Å². The molecule has 2 rings (SSSR count). The predicted molar refractivity (Wildman–Crippen MR) is 67.2 cm³/mol. The van der Waals surface area contributed by atoms with E-state index in [0.717, 1.165) is 18.1 Å². The Morgan fingerprint density at radius 1 is 1.38 bits per heavy atom. The highest BCUT2D eigenvalue weighted by Gasteiger charge is 2.03. The van der Waals surface area contributed by atoms with Gasteiger partial charge in [0.25, 0.3) is 0 Å². The normalized spacial score (nSPS) is 10.1. The van der Waals surface area contributed by atoms with E-state index in [1.54, 1.807) is 18.4 Å². The fourth-order valence-electron chi connectivity index (χ4n) is 1.38. The van der Waals surface area contributed by atoms with Crippen LogP contribution in [0.1, 0.15) is 10.4 Å². The third kappa shape index (κ3) is 2.52. The van der Waals surface area contributed by atoms with Gasteiger partial charge in [0.1, 0.15) is 11.6 Å². The minimum Gasteiger partial charge on any atom is -0.496 e. The number of hydrogen-bond acceptors (Lipinski definition) is 4. The molecule has 0 atom stereocenters. The first-order chi connectivity index (χ1) is 7.79. The van der Waals surface area contributed by atoms with Gasteiger partial charge in [-0.25, -0.2) is 4.98 Å². The van der Waals surface area contributed by atoms with Gasteiger partial charge in [0.15, 0.2) is 0 Å². The standard InChI is InChI=1S/C12H14N2OS/c1-9-3-4-12(13-7-9)14-8-11-10(15-2)5-6-16-11/h3-7H,8H2,1-2H3,(H,13,14). The van der Waals surface area contributed by atoms with Crippen LogP contribution in [0, 0.1) is 6.92 Å². The molecule has 4 heteroatoms. The van der Waals surface area contributed by atoms with Gasteiger partial charge in [-0.15, -0.1) is 11.3 Å². The quantitative estimate of drug-likeness (QED) is 0.882. The molecule has 0 radical (unpaired) electrons. The lowest BCUT2D eigenvalue weighted by Gasteiger charge is -2.05. The molecule has 0 aromatic carbocycles. The van der Waals surface area contributed by atoms with Crippen molar-refractivity contribution < 1.29 is 4.74 Å². The smallest absolute Gasteiger partial charge is 0.134 e. The molecule has 1 N–H and O–H groups in total. The predicted octanol–water partition coefficient (Wildman–Crippen LogP) is 3.07. The molecule has 0 aliphatic carbocycles. The molecule has 0 fully saturated rings. The van der Waals surface area contributed by atoms with Crippen molar-refractivity contribution in [3.63, 3.8) is 0 Å². The van der Waals surface area contributed by atoms with Crippen LogP contribution >= 0.6 is 11.3 Å². The van der Waals surface area contributed by atoms with Crippen LogP contribution in [0.4, 0.5) is 5.82 Å². The van der Waals surface area contributed by atoms with Crippen molar-refractivity contribution >= 4 is 17.2 Å². The summed E-state index contributed by atoms with van der Waals surface area (Å²) in [6.45, 7) is 2.77. The lowest BCUT2D eigenvalue weighted by atomic mass is 10.3. The molecule has 0 saturated carbocycles. The number of rotatable bonds is 4. The molecule has 0 amide bonds. The minimum absolute atomic E-state index is 0.747. The summed E-state index contributed by atoms with van der Waals surface area (Å²) in [5.41, 5.74) is 1.17. The number of anilines is 1. The van der Waals surface area contributed by atoms with Gasteiger partial charge in [-0.2, -0.15) is 0 Å². The maximum atomic E-state index is 5.24. The minimum atomic E-state index is 0.747. The summed E-state index contributed by atoms with van der Waals surface area (Å²) in [4.78, 5) is 5.47. The molecule has 84 valence electrons. The number of nitrogens with zero attached hydrogens (tertiary/aromatic N) is 1. The van der Waals surface area contributed by atoms with E-state index < -0.39 is 0 Å². The molecular weight excluding hydrogens is 220 g/mol. The van der Waals surface area contributed by atoms with Crippen molar-refractivity contribution in [3.05, 3.63) is 40.2 Å². The summed E-state index contributed by atoms with van der Waals surface area (Å²) >= 11 is 1.68. The highest BCUT2D eigenvalue weighted by Crippen LogP contribution is 2.24. The van der Waals surface area contributed by atoms with Gasteiger partial charge in [-0.1, -0.05) is 6.07 Å². The number of methoxy groups -OCH3 is 1. The molecule has 0 bridgehead atoms. The maximum absolute atomic E-state index is 5.24. The van der Waals surface area contributed by atoms with E-state index >= 15 is 0 Å². The second-order valence-electron chi connectivity index (χ2n) is 3.49. The summed E-state index contributed by atoms with van der Waals surface area (Å²) in [5.74, 6) is 1.82. The van der Waals surface area contributed by atoms with Crippen molar-refractivity contribution in [3.8, 4) is 5.75 Å². The second-order valence-corrected chi connectivity index (χ2v) is 4.49. The van der Waals surface area contributed by atoms with Crippen LogP contribution in [0.5, 0.6) is 5.75 Å². The van der Waals surface area contributed by atoms with E-state index in [-0.39, 0.29) is 0 Å². The number of aromatic nitrogens is 1. The van der Waals surface area contributed by atoms with Crippen molar-refractivity contribution in [2.45, 2.75) is 13.5 Å². The summed E-state index contributed by atoms with van der Waals surface area (Å²) < 4.78 is 5.24. The van der Waals surface area contributed by atoms with Crippen LogP contribution in [0.15, 0.2) is 29.8 Å². The maximum Gasteiger partial charge on any atom is 0.134 e. The van der Waals surface area contributed by atoms with Crippen LogP contribution in [-0.2, 0) is 6.54 Å². The number of ether oxygens (including phenoxy) is 1. The van der Waals surface area contributed by atoms with E-state index in [0.29, 0.717) is 0 Å². The van der Waals surface area contributed by atoms with Gasteiger partial charge in [-0.05, 0) is 30.0 Å². The van der Waals surface area contributed by atoms with E-state index in [9.17, 15) is 0 Å². The zero-order valence-corrected chi connectivity index (χ0v) is 10.2. The largest absolute Gasteiger partial charge is 0.496 e. The Bertz CT molecular complexity index is 450. The van der Waals surface area contributed by atoms with Gasteiger partial charge in [0, 0.05) is 6.20 Å². The molecule has 0 spiro atoms. The Kier molecular flexibility index (Phi) is 3.41. The van der Waals surface area contributed by atoms with Crippen LogP contribution in [0.2, 0.25) is 0 Å². The van der Waals surface area contributed by atoms with Crippen LogP contribution in [-0.4, -0.2) is 12.1 Å². The SMILES string of the molecule is COc1ccsc1CNc1ccc(C)cn1. The fraction of sp³-hybridized carbons (Fsp3) is 0.250. The number of thiophene rings is 1. The summed E-state index contributed by atoms with van der Waals surface area (Å²) in [7, 11) is 1.69. The second kappa shape index (κ2) is 4.99. The molecule has 0 saturated heterocycles. The lowest BCUT2D eigenvalue weighted by Crippen LogP contribution is -2.00. The zero-order chi connectivity index (χ0) is 11.4. The van der Waals surface area contributed by atoms with Crippen molar-refractivity contribution in [2.24, 2.45) is 0 Å². The van der Waals surface area contributed by atoms with Crippen molar-refractivity contribution in [1.82, 2.24) is 4.98 Å². The Hall–Kier alpha value is -1.55. The summed E-state index contributed by atoms with van der Waals surface area (Å²) in [6, 6.07) is 6.00. The van der Waals surface area contributed by atoms with Gasteiger partial charge in [0.05, 0.1) is 18.5 Å². The molecule has 0 unspecified atom stereocenters. The Morgan fingerprint density at radius 3 is 2.94 bits per heavy atom. The first-order valence-corrected chi connectivity index (χ1v) is 5.94. The molecule has 0 aliphatic heterocycles. The molecular formula is C12H14N2OS. The van der Waals surface area contributed by atoms with Crippen LogP contribution in [0.25, 0.3) is 0 Å². The Balaban J connectivity index is 1.99. The van der Waals surface area contributed by atoms with Gasteiger partial charge in [-0.3, -0.25) is 0 Å². The van der Waals surface area contributed by atoms with E-state index in [1.165, 1.54) is 10.4 Å². The topological polar surface area (TPSA) is 34.1 Å². The molecule has 16 heavy (non-hydrogen) atoms. The fourth-order valence-corrected chi connectivity index (χ4v) is 2.16. The lowest BCUT2D eigenvalue weighted by molar-refractivity contribution is 0.413. The van der Waals surface area contributed by atoms with E-state index in [2.05, 4.69) is 10.3 Å². The molecule has 0 aliphatic rings. The third-order valence-corrected chi connectivity index (χ3v) is 3.17. The zero-order valence-electron chi connectivity index (χ0n) is 9.36. The average Bonchev–Trinajstić information content (AvgIpc) is 2.76. The molecule has 2 heterocycles. The number of hydrogen-bond donors (Lipinski definition) is 1. The summed E-state index contributed by atoms with van der Waals surface area (Å²) in [6.07, 6.45) is 1.86. The highest BCUT2D eigenvalue weighted by molar-refractivity contribution is 7.10. The van der Waals surface area contributed by atoms with E-state index in [1.807, 2.05) is 36.7 Å². The van der Waals surface area contributed by atoms with Crippen molar-refractivity contribution in [1.29, 1.82) is 0 Å². The number of pyridine rings is 1. The summed E-state index contributed by atoms with van der Waals surface area (Å²) in [5, 5.41) is 5.29. The molecule has 2 aromatic heterocycles. The Morgan fingerprint density at radius 2 is 2.25 bits per heavy atom. The molecule has 3 nitrogen and oxygen atoms in total. The van der Waals surface area contributed by atoms with Gasteiger partial charge >= 0.3 is 0 Å². The Labute approximate surface area is 99.1 Å². The van der Waals surface area contributed by atoms with Gasteiger partial charge < -0.3 is 10.1 Å². The van der Waals surface area contributed by atoms with E-state index in [4.69, 9.17) is 4.74 Å².